The Kier molecular flexibility index (Phi) is 5.96. The van der Waals surface area contributed by atoms with Gasteiger partial charge in [0.05, 0.1) is 0 Å². The summed E-state index contributed by atoms with van der Waals surface area (Å²) in [7, 11) is 2.20. The van der Waals surface area contributed by atoms with Crippen molar-refractivity contribution in [3.05, 3.63) is 30.3 Å². The molecule has 2 heterocycles. The number of likely N-dealkylation sites (tertiary alicyclic amines) is 1. The van der Waals surface area contributed by atoms with Gasteiger partial charge in [0.25, 0.3) is 0 Å². The first-order valence-electron chi connectivity index (χ1n) is 9.28. The quantitative estimate of drug-likeness (QED) is 0.638. The molecule has 0 aliphatic carbocycles. The van der Waals surface area contributed by atoms with Crippen molar-refractivity contribution in [2.75, 3.05) is 51.2 Å². The van der Waals surface area contributed by atoms with Crippen LogP contribution in [-0.4, -0.2) is 63.2 Å². The number of para-hydroxylation sites is 1. The molecule has 5 heteroatoms. The highest BCUT2D eigenvalue weighted by atomic mass is 15.2. The van der Waals surface area contributed by atoms with Crippen molar-refractivity contribution in [3.8, 4) is 0 Å². The van der Waals surface area contributed by atoms with Crippen LogP contribution in [0.1, 0.15) is 19.8 Å². The van der Waals surface area contributed by atoms with Crippen molar-refractivity contribution >= 4 is 11.6 Å². The lowest BCUT2D eigenvalue weighted by atomic mass is 10.1. The number of guanidine groups is 1. The number of anilines is 1. The molecule has 2 fully saturated rings. The van der Waals surface area contributed by atoms with E-state index in [0.29, 0.717) is 12.0 Å². The third-order valence-electron chi connectivity index (χ3n) is 4.99. The van der Waals surface area contributed by atoms with Crippen molar-refractivity contribution in [1.82, 2.24) is 15.5 Å². The van der Waals surface area contributed by atoms with Gasteiger partial charge < -0.3 is 20.4 Å². The van der Waals surface area contributed by atoms with Crippen LogP contribution in [0.15, 0.2) is 35.3 Å². The third-order valence-corrected chi connectivity index (χ3v) is 4.99. The van der Waals surface area contributed by atoms with Gasteiger partial charge in [-0.05, 0) is 51.4 Å². The Bertz CT molecular complexity index is 530. The monoisotopic (exact) mass is 329 g/mol. The molecule has 2 saturated heterocycles. The van der Waals surface area contributed by atoms with Gasteiger partial charge in [0.2, 0.25) is 0 Å². The number of hydrogen-bond donors (Lipinski definition) is 2. The first-order valence-corrected chi connectivity index (χ1v) is 9.28. The Labute approximate surface area is 146 Å². The molecule has 0 radical (unpaired) electrons. The number of nitrogens with zero attached hydrogens (tertiary/aromatic N) is 3. The van der Waals surface area contributed by atoms with Gasteiger partial charge in [0, 0.05) is 44.5 Å². The van der Waals surface area contributed by atoms with Crippen molar-refractivity contribution in [2.24, 2.45) is 10.9 Å². The largest absolute Gasteiger partial charge is 0.369 e. The van der Waals surface area contributed by atoms with Crippen molar-refractivity contribution in [2.45, 2.75) is 25.8 Å². The summed E-state index contributed by atoms with van der Waals surface area (Å²) in [6.45, 7) is 8.49. The SMILES string of the molecule is CCNC(=NCC1CCN(C)C1)NC1CCN(c2ccccc2)C1. The highest BCUT2D eigenvalue weighted by Gasteiger charge is 2.24. The number of nitrogens with one attached hydrogen (secondary N) is 2. The molecule has 1 aromatic carbocycles. The van der Waals surface area contributed by atoms with E-state index in [1.807, 2.05) is 0 Å². The second-order valence-corrected chi connectivity index (χ2v) is 7.05. The Morgan fingerprint density at radius 1 is 1.17 bits per heavy atom. The van der Waals surface area contributed by atoms with Gasteiger partial charge in [-0.3, -0.25) is 4.99 Å². The fourth-order valence-electron chi connectivity index (χ4n) is 3.66. The van der Waals surface area contributed by atoms with E-state index >= 15 is 0 Å². The molecule has 0 bridgehead atoms. The lowest BCUT2D eigenvalue weighted by Gasteiger charge is -2.20. The van der Waals surface area contributed by atoms with E-state index in [4.69, 9.17) is 4.99 Å². The second kappa shape index (κ2) is 8.38. The molecule has 0 aromatic heterocycles. The average molecular weight is 329 g/mol. The lowest BCUT2D eigenvalue weighted by Crippen LogP contribution is -2.44. The molecule has 2 N–H and O–H groups in total. The number of rotatable bonds is 5. The highest BCUT2D eigenvalue weighted by molar-refractivity contribution is 5.80. The van der Waals surface area contributed by atoms with Gasteiger partial charge >= 0.3 is 0 Å². The van der Waals surface area contributed by atoms with Crippen molar-refractivity contribution < 1.29 is 0 Å². The van der Waals surface area contributed by atoms with Crippen LogP contribution in [-0.2, 0) is 0 Å². The van der Waals surface area contributed by atoms with E-state index in [0.717, 1.165) is 38.6 Å². The standard InChI is InChI=1S/C19H31N5/c1-3-20-19(21-13-16-9-11-23(2)14-16)22-17-10-12-24(15-17)18-7-5-4-6-8-18/h4-8,16-17H,3,9-15H2,1-2H3,(H2,20,21,22). The molecule has 3 rings (SSSR count). The van der Waals surface area contributed by atoms with Crippen LogP contribution < -0.4 is 15.5 Å². The first-order chi connectivity index (χ1) is 11.7. The molecule has 1 aromatic rings. The van der Waals surface area contributed by atoms with Crippen LogP contribution in [0.25, 0.3) is 0 Å². The second-order valence-electron chi connectivity index (χ2n) is 7.05. The van der Waals surface area contributed by atoms with Crippen LogP contribution >= 0.6 is 0 Å². The molecule has 2 aliphatic heterocycles. The van der Waals surface area contributed by atoms with Gasteiger partial charge in [-0.25, -0.2) is 0 Å². The van der Waals surface area contributed by atoms with Crippen LogP contribution in [0.2, 0.25) is 0 Å². The van der Waals surface area contributed by atoms with Gasteiger partial charge in [-0.1, -0.05) is 18.2 Å². The normalized spacial score (nSPS) is 25.2. The predicted octanol–water partition coefficient (Wildman–Crippen LogP) is 1.77. The number of benzene rings is 1. The molecule has 0 spiro atoms. The predicted molar refractivity (Wildman–Crippen MR) is 102 cm³/mol. The molecule has 0 amide bonds. The van der Waals surface area contributed by atoms with E-state index in [9.17, 15) is 0 Å². The summed E-state index contributed by atoms with van der Waals surface area (Å²) in [4.78, 5) is 9.69. The maximum absolute atomic E-state index is 4.84. The summed E-state index contributed by atoms with van der Waals surface area (Å²) < 4.78 is 0. The van der Waals surface area contributed by atoms with Crippen LogP contribution in [0.4, 0.5) is 5.69 Å². The summed E-state index contributed by atoms with van der Waals surface area (Å²) in [5.41, 5.74) is 1.32. The molecule has 24 heavy (non-hydrogen) atoms. The fraction of sp³-hybridized carbons (Fsp3) is 0.632. The summed E-state index contributed by atoms with van der Waals surface area (Å²) >= 11 is 0. The molecular formula is C19H31N5. The summed E-state index contributed by atoms with van der Waals surface area (Å²) in [5, 5.41) is 7.04. The van der Waals surface area contributed by atoms with Gasteiger partial charge in [0.1, 0.15) is 0 Å². The van der Waals surface area contributed by atoms with Gasteiger partial charge in [-0.2, -0.15) is 0 Å². The summed E-state index contributed by atoms with van der Waals surface area (Å²) in [5.74, 6) is 1.68. The van der Waals surface area contributed by atoms with E-state index in [2.05, 4.69) is 64.7 Å². The van der Waals surface area contributed by atoms with E-state index < -0.39 is 0 Å². The van der Waals surface area contributed by atoms with Crippen LogP contribution in [0.5, 0.6) is 0 Å². The zero-order valence-corrected chi connectivity index (χ0v) is 15.0. The molecular weight excluding hydrogens is 298 g/mol. The maximum Gasteiger partial charge on any atom is 0.191 e. The minimum atomic E-state index is 0.467. The van der Waals surface area contributed by atoms with E-state index in [1.165, 1.54) is 25.2 Å². The lowest BCUT2D eigenvalue weighted by molar-refractivity contribution is 0.397. The van der Waals surface area contributed by atoms with Gasteiger partial charge in [-0.15, -0.1) is 0 Å². The molecule has 132 valence electrons. The minimum absolute atomic E-state index is 0.467. The zero-order chi connectivity index (χ0) is 16.8. The van der Waals surface area contributed by atoms with Crippen molar-refractivity contribution in [3.63, 3.8) is 0 Å². The molecule has 2 aliphatic rings. The Hall–Kier alpha value is -1.75. The summed E-state index contributed by atoms with van der Waals surface area (Å²) in [6, 6.07) is 11.2. The summed E-state index contributed by atoms with van der Waals surface area (Å²) in [6.07, 6.45) is 2.43. The highest BCUT2D eigenvalue weighted by Crippen LogP contribution is 2.19. The zero-order valence-electron chi connectivity index (χ0n) is 15.0. The third kappa shape index (κ3) is 4.63. The minimum Gasteiger partial charge on any atom is -0.369 e. The first kappa shape index (κ1) is 17.1. The van der Waals surface area contributed by atoms with E-state index in [-0.39, 0.29) is 0 Å². The van der Waals surface area contributed by atoms with Crippen LogP contribution in [0.3, 0.4) is 0 Å². The number of aliphatic imine (C=N–C) groups is 1. The number of hydrogen-bond acceptors (Lipinski definition) is 3. The molecule has 2 atom stereocenters. The topological polar surface area (TPSA) is 42.9 Å². The fourth-order valence-corrected chi connectivity index (χ4v) is 3.66. The molecule has 5 nitrogen and oxygen atoms in total. The molecule has 0 saturated carbocycles. The molecule has 2 unspecified atom stereocenters. The van der Waals surface area contributed by atoms with Crippen molar-refractivity contribution in [1.29, 1.82) is 0 Å². The Morgan fingerprint density at radius 2 is 2.00 bits per heavy atom. The Balaban J connectivity index is 1.52. The van der Waals surface area contributed by atoms with E-state index in [1.54, 1.807) is 0 Å². The maximum atomic E-state index is 4.84. The Morgan fingerprint density at radius 3 is 2.71 bits per heavy atom. The smallest absolute Gasteiger partial charge is 0.191 e. The van der Waals surface area contributed by atoms with Crippen LogP contribution in [0, 0.1) is 5.92 Å². The van der Waals surface area contributed by atoms with Gasteiger partial charge in [0.15, 0.2) is 5.96 Å². The average Bonchev–Trinajstić information content (AvgIpc) is 3.23.